The average molecular weight is 366 g/mol. The van der Waals surface area contributed by atoms with Crippen LogP contribution in [-0.2, 0) is 5.66 Å². The molecule has 2 aliphatic heterocycles. The van der Waals surface area contributed by atoms with E-state index < -0.39 is 0 Å². The van der Waals surface area contributed by atoms with Gasteiger partial charge in [0.05, 0.1) is 0 Å². The number of aromatic nitrogens is 3. The van der Waals surface area contributed by atoms with E-state index in [0.29, 0.717) is 0 Å². The molecule has 1 saturated carbocycles. The van der Waals surface area contributed by atoms with Gasteiger partial charge in [0, 0.05) is 43.2 Å². The molecule has 2 aromatic rings. The van der Waals surface area contributed by atoms with Gasteiger partial charge in [-0.25, -0.2) is 9.67 Å². The molecule has 0 unspecified atom stereocenters. The summed E-state index contributed by atoms with van der Waals surface area (Å²) in [4.78, 5) is 7.33. The molecule has 1 aliphatic carbocycles. The molecule has 1 spiro atoms. The smallest absolute Gasteiger partial charge is 0.162 e. The zero-order chi connectivity index (χ0) is 18.4. The van der Waals surface area contributed by atoms with Crippen LogP contribution >= 0.6 is 0 Å². The Kier molecular flexibility index (Phi) is 4.23. The standard InChI is InChI=1S/C22H31N5/c1-16(2)17-7-9-18(10-8-17)26-13-11-22(12-14-26)25-20-6-4-3-5-19(20)21-23-15-24-27(21)22/h3-6,15-18,25H,7-14H2,1-2H3. The van der Waals surface area contributed by atoms with Gasteiger partial charge in [0.2, 0.25) is 0 Å². The molecule has 1 N–H and O–H groups in total. The molecule has 3 aliphatic rings. The van der Waals surface area contributed by atoms with Crippen molar-refractivity contribution in [1.29, 1.82) is 0 Å². The van der Waals surface area contributed by atoms with Crippen LogP contribution in [-0.4, -0.2) is 38.8 Å². The highest BCUT2D eigenvalue weighted by molar-refractivity contribution is 5.76. The second-order valence-electron chi connectivity index (χ2n) is 9.05. The van der Waals surface area contributed by atoms with Crippen molar-refractivity contribution >= 4 is 5.69 Å². The Labute approximate surface area is 162 Å². The first-order valence-electron chi connectivity index (χ1n) is 10.7. The number of nitrogens with zero attached hydrogens (tertiary/aromatic N) is 4. The number of piperidine rings is 1. The van der Waals surface area contributed by atoms with Crippen molar-refractivity contribution in [1.82, 2.24) is 19.7 Å². The van der Waals surface area contributed by atoms with E-state index in [0.717, 1.165) is 55.2 Å². The Hall–Kier alpha value is -1.88. The van der Waals surface area contributed by atoms with Crippen LogP contribution in [0.5, 0.6) is 0 Å². The summed E-state index contributed by atoms with van der Waals surface area (Å²) in [5, 5.41) is 8.46. The van der Waals surface area contributed by atoms with Crippen LogP contribution < -0.4 is 5.32 Å². The molecule has 0 amide bonds. The molecule has 1 aromatic heterocycles. The van der Waals surface area contributed by atoms with E-state index in [2.05, 4.69) is 63.1 Å². The molecule has 3 heterocycles. The lowest BCUT2D eigenvalue weighted by molar-refractivity contribution is 0.0582. The maximum atomic E-state index is 4.62. The van der Waals surface area contributed by atoms with Crippen molar-refractivity contribution in [3.63, 3.8) is 0 Å². The minimum atomic E-state index is -0.119. The fourth-order valence-electron chi connectivity index (χ4n) is 5.56. The van der Waals surface area contributed by atoms with E-state index >= 15 is 0 Å². The van der Waals surface area contributed by atoms with Crippen LogP contribution in [0.1, 0.15) is 52.4 Å². The van der Waals surface area contributed by atoms with Crippen LogP contribution in [0.3, 0.4) is 0 Å². The summed E-state index contributed by atoms with van der Waals surface area (Å²) in [5.74, 6) is 2.79. The molecule has 144 valence electrons. The number of nitrogens with one attached hydrogen (secondary N) is 1. The molecule has 5 nitrogen and oxygen atoms in total. The van der Waals surface area contributed by atoms with Gasteiger partial charge in [-0.05, 0) is 49.7 Å². The predicted molar refractivity (Wildman–Crippen MR) is 108 cm³/mol. The third kappa shape index (κ3) is 2.87. The van der Waals surface area contributed by atoms with Crippen LogP contribution in [0.25, 0.3) is 11.4 Å². The van der Waals surface area contributed by atoms with Gasteiger partial charge < -0.3 is 10.2 Å². The lowest BCUT2D eigenvalue weighted by atomic mass is 9.78. The molecular formula is C22H31N5. The van der Waals surface area contributed by atoms with Crippen LogP contribution in [0.4, 0.5) is 5.69 Å². The highest BCUT2D eigenvalue weighted by atomic mass is 15.5. The maximum absolute atomic E-state index is 4.62. The number of likely N-dealkylation sites (tertiary alicyclic amines) is 1. The number of anilines is 1. The van der Waals surface area contributed by atoms with Crippen molar-refractivity contribution in [2.24, 2.45) is 11.8 Å². The van der Waals surface area contributed by atoms with Crippen molar-refractivity contribution in [2.75, 3.05) is 18.4 Å². The molecule has 2 fully saturated rings. The van der Waals surface area contributed by atoms with Crippen LogP contribution in [0.15, 0.2) is 30.6 Å². The Balaban J connectivity index is 1.31. The molecular weight excluding hydrogens is 334 g/mol. The van der Waals surface area contributed by atoms with Crippen LogP contribution in [0, 0.1) is 11.8 Å². The summed E-state index contributed by atoms with van der Waals surface area (Å²) in [6.07, 6.45) is 9.44. The first kappa shape index (κ1) is 17.2. The highest BCUT2D eigenvalue weighted by Crippen LogP contribution is 2.43. The summed E-state index contributed by atoms with van der Waals surface area (Å²) in [5.41, 5.74) is 2.24. The third-order valence-electron chi connectivity index (χ3n) is 7.31. The Morgan fingerprint density at radius 2 is 1.81 bits per heavy atom. The Morgan fingerprint density at radius 3 is 2.56 bits per heavy atom. The number of fused-ring (bicyclic) bond motifs is 4. The van der Waals surface area contributed by atoms with Gasteiger partial charge >= 0.3 is 0 Å². The van der Waals surface area contributed by atoms with Crippen molar-refractivity contribution in [3.05, 3.63) is 30.6 Å². The predicted octanol–water partition coefficient (Wildman–Crippen LogP) is 4.33. The van der Waals surface area contributed by atoms with Crippen molar-refractivity contribution in [3.8, 4) is 11.4 Å². The fraction of sp³-hybridized carbons (Fsp3) is 0.636. The number of benzene rings is 1. The van der Waals surface area contributed by atoms with E-state index in [1.54, 1.807) is 6.33 Å². The molecule has 1 saturated heterocycles. The molecule has 1 aromatic carbocycles. The second-order valence-corrected chi connectivity index (χ2v) is 9.05. The number of para-hydroxylation sites is 1. The largest absolute Gasteiger partial charge is 0.360 e. The monoisotopic (exact) mass is 365 g/mol. The van der Waals surface area contributed by atoms with Crippen LogP contribution in [0.2, 0.25) is 0 Å². The Morgan fingerprint density at radius 1 is 1.07 bits per heavy atom. The van der Waals surface area contributed by atoms with Gasteiger partial charge in [-0.3, -0.25) is 0 Å². The first-order valence-corrected chi connectivity index (χ1v) is 10.7. The second kappa shape index (κ2) is 6.62. The Bertz CT molecular complexity index is 795. The van der Waals surface area contributed by atoms with E-state index in [-0.39, 0.29) is 5.66 Å². The first-order chi connectivity index (χ1) is 13.2. The summed E-state index contributed by atoms with van der Waals surface area (Å²) >= 11 is 0. The van der Waals surface area contributed by atoms with Gasteiger partial charge in [0.25, 0.3) is 0 Å². The van der Waals surface area contributed by atoms with Gasteiger partial charge in [0.1, 0.15) is 12.0 Å². The van der Waals surface area contributed by atoms with Gasteiger partial charge in [0.15, 0.2) is 5.82 Å². The average Bonchev–Trinajstić information content (AvgIpc) is 3.20. The topological polar surface area (TPSA) is 46.0 Å². The highest BCUT2D eigenvalue weighted by Gasteiger charge is 2.43. The summed E-state index contributed by atoms with van der Waals surface area (Å²) < 4.78 is 2.16. The van der Waals surface area contributed by atoms with E-state index in [1.807, 2.05) is 0 Å². The van der Waals surface area contributed by atoms with Gasteiger partial charge in [-0.15, -0.1) is 0 Å². The lowest BCUT2D eigenvalue weighted by Gasteiger charge is -2.48. The van der Waals surface area contributed by atoms with Crippen molar-refractivity contribution < 1.29 is 0 Å². The zero-order valence-corrected chi connectivity index (χ0v) is 16.6. The van der Waals surface area contributed by atoms with Crippen molar-refractivity contribution in [2.45, 2.75) is 64.1 Å². The molecule has 5 rings (SSSR count). The third-order valence-corrected chi connectivity index (χ3v) is 7.31. The van der Waals surface area contributed by atoms with E-state index in [4.69, 9.17) is 0 Å². The molecule has 5 heteroatoms. The summed E-state index contributed by atoms with van der Waals surface area (Å²) in [7, 11) is 0. The van der Waals surface area contributed by atoms with E-state index in [9.17, 15) is 0 Å². The quantitative estimate of drug-likeness (QED) is 0.860. The summed E-state index contributed by atoms with van der Waals surface area (Å²) in [6.45, 7) is 7.06. The normalized spacial score (nSPS) is 27.2. The molecule has 27 heavy (non-hydrogen) atoms. The summed E-state index contributed by atoms with van der Waals surface area (Å²) in [6, 6.07) is 9.28. The fourth-order valence-corrected chi connectivity index (χ4v) is 5.56. The lowest BCUT2D eigenvalue weighted by Crippen LogP contribution is -2.55. The van der Waals surface area contributed by atoms with Gasteiger partial charge in [-0.1, -0.05) is 26.0 Å². The molecule has 0 radical (unpaired) electrons. The zero-order valence-electron chi connectivity index (χ0n) is 16.6. The van der Waals surface area contributed by atoms with Gasteiger partial charge in [-0.2, -0.15) is 5.10 Å². The molecule has 0 bridgehead atoms. The maximum Gasteiger partial charge on any atom is 0.162 e. The number of rotatable bonds is 2. The molecule has 0 atom stereocenters. The minimum absolute atomic E-state index is 0.119. The SMILES string of the molecule is CC(C)C1CCC(N2CCC3(CC2)Nc2ccccc2-c2ncnn23)CC1. The number of hydrogen-bond acceptors (Lipinski definition) is 4. The minimum Gasteiger partial charge on any atom is -0.360 e. The number of hydrogen-bond donors (Lipinski definition) is 1. The van der Waals surface area contributed by atoms with E-state index in [1.165, 1.54) is 31.4 Å².